The number of hydrogen-bond acceptors (Lipinski definition) is 2. The Morgan fingerprint density at radius 3 is 2.68 bits per heavy atom. The van der Waals surface area contributed by atoms with Crippen molar-refractivity contribution in [1.82, 2.24) is 9.88 Å². The van der Waals surface area contributed by atoms with Crippen molar-refractivity contribution < 1.29 is 17.9 Å². The summed E-state index contributed by atoms with van der Waals surface area (Å²) in [6.45, 7) is -0.683. The topological polar surface area (TPSA) is 26.2 Å². The molecular formula is C13H15F3N2O. The fraction of sp³-hybridized carbons (Fsp3) is 0.385. The van der Waals surface area contributed by atoms with Crippen molar-refractivity contribution in [3.8, 4) is 0 Å². The number of hydrogen-bond donors (Lipinski definition) is 1. The highest BCUT2D eigenvalue weighted by atomic mass is 19.4. The van der Waals surface area contributed by atoms with Gasteiger partial charge in [0.05, 0.1) is 5.52 Å². The van der Waals surface area contributed by atoms with Crippen LogP contribution in [0.2, 0.25) is 0 Å². The van der Waals surface area contributed by atoms with Crippen LogP contribution >= 0.6 is 0 Å². The number of halogens is 3. The molecule has 0 amide bonds. The van der Waals surface area contributed by atoms with Gasteiger partial charge < -0.3 is 14.6 Å². The van der Waals surface area contributed by atoms with Gasteiger partial charge in [-0.2, -0.15) is 13.2 Å². The van der Waals surface area contributed by atoms with Gasteiger partial charge >= 0.3 is 6.18 Å². The molecule has 104 valence electrons. The molecule has 19 heavy (non-hydrogen) atoms. The second-order valence-corrected chi connectivity index (χ2v) is 4.26. The molecule has 1 heterocycles. The number of aromatic nitrogens is 1. The molecule has 0 saturated heterocycles. The molecule has 1 aromatic heterocycles. The third-order valence-electron chi connectivity index (χ3n) is 2.73. The lowest BCUT2D eigenvalue weighted by molar-refractivity contribution is -0.181. The molecule has 0 aliphatic carbocycles. The van der Waals surface area contributed by atoms with E-state index in [9.17, 15) is 13.2 Å². The zero-order valence-corrected chi connectivity index (χ0v) is 10.5. The molecule has 0 aliphatic rings. The number of rotatable bonds is 5. The first kappa shape index (κ1) is 13.9. The van der Waals surface area contributed by atoms with Crippen LogP contribution in [0.4, 0.5) is 13.2 Å². The Bertz CT molecular complexity index is 548. The minimum atomic E-state index is -4.29. The fourth-order valence-electron chi connectivity index (χ4n) is 2.02. The van der Waals surface area contributed by atoms with Gasteiger partial charge in [-0.1, -0.05) is 18.2 Å². The minimum Gasteiger partial charge on any atom is -0.351 e. The number of nitrogens with one attached hydrogen (secondary N) is 1. The van der Waals surface area contributed by atoms with Crippen LogP contribution < -0.4 is 5.32 Å². The molecule has 1 N–H and O–H groups in total. The number of fused-ring (bicyclic) bond motifs is 1. The third-order valence-corrected chi connectivity index (χ3v) is 2.73. The smallest absolute Gasteiger partial charge is 0.351 e. The molecule has 2 aromatic rings. The Morgan fingerprint density at radius 2 is 2.00 bits per heavy atom. The summed E-state index contributed by atoms with van der Waals surface area (Å²) in [5, 5.41) is 4.06. The first-order valence-electron chi connectivity index (χ1n) is 5.87. The van der Waals surface area contributed by atoms with Crippen LogP contribution in [0, 0.1) is 0 Å². The Balaban J connectivity index is 2.18. The second kappa shape index (κ2) is 5.63. The van der Waals surface area contributed by atoms with E-state index in [0.29, 0.717) is 6.54 Å². The summed E-state index contributed by atoms with van der Waals surface area (Å²) < 4.78 is 42.6. The molecule has 0 atom stereocenters. The number of para-hydroxylation sites is 1. The molecule has 0 bridgehead atoms. The molecular weight excluding hydrogens is 257 g/mol. The summed E-state index contributed by atoms with van der Waals surface area (Å²) in [7, 11) is 1.83. The summed E-state index contributed by atoms with van der Waals surface area (Å²) in [6, 6.07) is 7.57. The number of nitrogens with zero attached hydrogens (tertiary/aromatic N) is 1. The van der Waals surface area contributed by atoms with Crippen LogP contribution in [-0.2, 0) is 18.0 Å². The van der Waals surface area contributed by atoms with E-state index >= 15 is 0 Å². The van der Waals surface area contributed by atoms with Crippen molar-refractivity contribution in [3.05, 3.63) is 36.0 Å². The average molecular weight is 272 g/mol. The second-order valence-electron chi connectivity index (χ2n) is 4.26. The van der Waals surface area contributed by atoms with Gasteiger partial charge in [0, 0.05) is 18.1 Å². The van der Waals surface area contributed by atoms with Crippen LogP contribution in [0.5, 0.6) is 0 Å². The average Bonchev–Trinajstić information content (AvgIpc) is 2.68. The van der Waals surface area contributed by atoms with E-state index < -0.39 is 12.8 Å². The monoisotopic (exact) mass is 272 g/mol. The standard InChI is InChI=1S/C13H15F3N2O/c1-17-6-10-7-18(9-19-8-13(14,15)16)12-5-3-2-4-11(10)12/h2-5,7,17H,6,8-9H2,1H3. The van der Waals surface area contributed by atoms with Crippen LogP contribution in [0.15, 0.2) is 30.5 Å². The summed E-state index contributed by atoms with van der Waals surface area (Å²) >= 11 is 0. The first-order chi connectivity index (χ1) is 9.01. The zero-order valence-electron chi connectivity index (χ0n) is 10.5. The van der Waals surface area contributed by atoms with Crippen LogP contribution in [0.3, 0.4) is 0 Å². The Morgan fingerprint density at radius 1 is 1.26 bits per heavy atom. The first-order valence-corrected chi connectivity index (χ1v) is 5.87. The zero-order chi connectivity index (χ0) is 13.9. The summed E-state index contributed by atoms with van der Waals surface area (Å²) in [6.07, 6.45) is -2.48. The van der Waals surface area contributed by atoms with Crippen LogP contribution in [0.1, 0.15) is 5.56 Å². The van der Waals surface area contributed by atoms with E-state index in [2.05, 4.69) is 5.32 Å². The lowest BCUT2D eigenvalue weighted by atomic mass is 10.2. The maximum atomic E-state index is 12.1. The van der Waals surface area contributed by atoms with Gasteiger partial charge in [-0.25, -0.2) is 0 Å². The Hall–Kier alpha value is -1.53. The van der Waals surface area contributed by atoms with E-state index in [0.717, 1.165) is 16.5 Å². The lowest BCUT2D eigenvalue weighted by Crippen LogP contribution is -2.18. The van der Waals surface area contributed by atoms with Crippen molar-refractivity contribution in [2.24, 2.45) is 0 Å². The molecule has 0 saturated carbocycles. The molecule has 1 aromatic carbocycles. The van der Waals surface area contributed by atoms with Crippen molar-refractivity contribution in [2.75, 3.05) is 13.7 Å². The summed E-state index contributed by atoms with van der Waals surface area (Å²) in [5.41, 5.74) is 1.91. The highest BCUT2D eigenvalue weighted by molar-refractivity contribution is 5.83. The predicted molar refractivity (Wildman–Crippen MR) is 66.7 cm³/mol. The van der Waals surface area contributed by atoms with Gasteiger partial charge in [0.2, 0.25) is 0 Å². The molecule has 0 aliphatic heterocycles. The minimum absolute atomic E-state index is 0.107. The van der Waals surface area contributed by atoms with Gasteiger partial charge in [0.1, 0.15) is 13.3 Å². The van der Waals surface area contributed by atoms with Gasteiger partial charge in [-0.05, 0) is 18.7 Å². The van der Waals surface area contributed by atoms with Gasteiger partial charge in [-0.3, -0.25) is 0 Å². The number of ether oxygens (including phenoxy) is 1. The SMILES string of the molecule is CNCc1cn(COCC(F)(F)F)c2ccccc12. The third kappa shape index (κ3) is 3.48. The van der Waals surface area contributed by atoms with Crippen molar-refractivity contribution in [1.29, 1.82) is 0 Å². The molecule has 0 fully saturated rings. The van der Waals surface area contributed by atoms with Crippen LogP contribution in [-0.4, -0.2) is 24.4 Å². The highest BCUT2D eigenvalue weighted by Gasteiger charge is 2.27. The van der Waals surface area contributed by atoms with Gasteiger partial charge in [0.25, 0.3) is 0 Å². The van der Waals surface area contributed by atoms with E-state index in [1.165, 1.54) is 0 Å². The molecule has 0 unspecified atom stereocenters. The Kier molecular flexibility index (Phi) is 4.11. The number of benzene rings is 1. The molecule has 3 nitrogen and oxygen atoms in total. The number of alkyl halides is 3. The van der Waals surface area contributed by atoms with Gasteiger partial charge in [0.15, 0.2) is 0 Å². The van der Waals surface area contributed by atoms with Crippen molar-refractivity contribution in [3.63, 3.8) is 0 Å². The van der Waals surface area contributed by atoms with Crippen molar-refractivity contribution >= 4 is 10.9 Å². The van der Waals surface area contributed by atoms with E-state index in [1.54, 1.807) is 4.57 Å². The van der Waals surface area contributed by atoms with E-state index in [1.807, 2.05) is 37.5 Å². The largest absolute Gasteiger partial charge is 0.411 e. The molecule has 2 rings (SSSR count). The highest BCUT2D eigenvalue weighted by Crippen LogP contribution is 2.22. The molecule has 0 radical (unpaired) electrons. The quantitative estimate of drug-likeness (QED) is 0.905. The maximum absolute atomic E-state index is 12.1. The van der Waals surface area contributed by atoms with Gasteiger partial charge in [-0.15, -0.1) is 0 Å². The molecule has 0 spiro atoms. The summed E-state index contributed by atoms with van der Waals surface area (Å²) in [5.74, 6) is 0. The predicted octanol–water partition coefficient (Wildman–Crippen LogP) is 2.90. The van der Waals surface area contributed by atoms with E-state index in [4.69, 9.17) is 4.74 Å². The van der Waals surface area contributed by atoms with Crippen molar-refractivity contribution in [2.45, 2.75) is 19.5 Å². The van der Waals surface area contributed by atoms with Crippen LogP contribution in [0.25, 0.3) is 10.9 Å². The summed E-state index contributed by atoms with van der Waals surface area (Å²) in [4.78, 5) is 0. The molecule has 6 heteroatoms. The lowest BCUT2D eigenvalue weighted by Gasteiger charge is -2.09. The Labute approximate surface area is 109 Å². The fourth-order valence-corrected chi connectivity index (χ4v) is 2.02. The normalized spacial score (nSPS) is 12.2. The maximum Gasteiger partial charge on any atom is 0.411 e. The van der Waals surface area contributed by atoms with E-state index in [-0.39, 0.29) is 6.73 Å².